The first-order valence-corrected chi connectivity index (χ1v) is 6.29. The molecule has 0 aliphatic heterocycles. The van der Waals surface area contributed by atoms with Crippen LogP contribution in [0.25, 0.3) is 10.9 Å². The average molecular weight is 243 g/mol. The lowest BCUT2D eigenvalue weighted by molar-refractivity contribution is -0.143. The molecule has 94 valence electrons. The highest BCUT2D eigenvalue weighted by Crippen LogP contribution is 2.18. The summed E-state index contributed by atoms with van der Waals surface area (Å²) in [6, 6.07) is 10.1. The molecule has 1 aromatic carbocycles. The highest BCUT2D eigenvalue weighted by atomic mass is 16.5. The van der Waals surface area contributed by atoms with Crippen LogP contribution in [-0.4, -0.2) is 17.6 Å². The molecule has 0 spiro atoms. The number of carbonyl (C=O) groups is 1. The van der Waals surface area contributed by atoms with Gasteiger partial charge in [0.15, 0.2) is 0 Å². The van der Waals surface area contributed by atoms with Gasteiger partial charge in [-0.2, -0.15) is 0 Å². The largest absolute Gasteiger partial charge is 0.466 e. The van der Waals surface area contributed by atoms with Crippen LogP contribution in [0.2, 0.25) is 0 Å². The summed E-state index contributed by atoms with van der Waals surface area (Å²) in [5.41, 5.74) is 2.25. The second kappa shape index (κ2) is 6.15. The molecule has 0 saturated carbocycles. The second-order valence-corrected chi connectivity index (χ2v) is 4.15. The molecule has 2 aromatic rings. The van der Waals surface area contributed by atoms with Crippen molar-refractivity contribution in [2.75, 3.05) is 6.61 Å². The molecule has 0 saturated heterocycles. The number of nitrogens with zero attached hydrogens (tertiary/aromatic N) is 1. The summed E-state index contributed by atoms with van der Waals surface area (Å²) in [6.45, 7) is 2.28. The molecule has 0 bridgehead atoms. The minimum atomic E-state index is -0.115. The van der Waals surface area contributed by atoms with Crippen molar-refractivity contribution < 1.29 is 9.53 Å². The van der Waals surface area contributed by atoms with Crippen molar-refractivity contribution >= 4 is 16.9 Å². The Morgan fingerprint density at radius 3 is 2.94 bits per heavy atom. The van der Waals surface area contributed by atoms with E-state index in [9.17, 15) is 4.79 Å². The summed E-state index contributed by atoms with van der Waals surface area (Å²) in [5, 5.41) is 1.17. The Morgan fingerprint density at radius 1 is 1.28 bits per heavy atom. The number of hydrogen-bond acceptors (Lipinski definition) is 3. The van der Waals surface area contributed by atoms with Crippen LogP contribution >= 0.6 is 0 Å². The third-order valence-corrected chi connectivity index (χ3v) is 2.87. The van der Waals surface area contributed by atoms with Crippen LogP contribution in [-0.2, 0) is 16.0 Å². The Labute approximate surface area is 107 Å². The van der Waals surface area contributed by atoms with Crippen molar-refractivity contribution in [1.29, 1.82) is 0 Å². The van der Waals surface area contributed by atoms with Crippen molar-refractivity contribution in [3.63, 3.8) is 0 Å². The van der Waals surface area contributed by atoms with Crippen LogP contribution in [0, 0.1) is 0 Å². The number of hydrogen-bond donors (Lipinski definition) is 0. The fraction of sp³-hybridized carbons (Fsp3) is 0.333. The molecule has 2 rings (SSSR count). The van der Waals surface area contributed by atoms with E-state index in [4.69, 9.17) is 4.74 Å². The van der Waals surface area contributed by atoms with Crippen molar-refractivity contribution in [3.05, 3.63) is 42.1 Å². The third kappa shape index (κ3) is 3.06. The predicted octanol–water partition coefficient (Wildman–Crippen LogP) is 3.12. The van der Waals surface area contributed by atoms with Gasteiger partial charge in [-0.05, 0) is 37.5 Å². The fourth-order valence-electron chi connectivity index (χ4n) is 2.03. The number of para-hydroxylation sites is 1. The Balaban J connectivity index is 2.01. The number of rotatable bonds is 5. The van der Waals surface area contributed by atoms with E-state index in [-0.39, 0.29) is 5.97 Å². The van der Waals surface area contributed by atoms with Crippen LogP contribution < -0.4 is 0 Å². The molecule has 0 fully saturated rings. The molecule has 0 amide bonds. The van der Waals surface area contributed by atoms with Gasteiger partial charge < -0.3 is 4.74 Å². The number of pyridine rings is 1. The zero-order chi connectivity index (χ0) is 12.8. The standard InChI is InChI=1S/C15H17NO2/c1-2-18-15(17)9-5-6-12-10-11-16-14-8-4-3-7-13(12)14/h3-4,7-8,10-11H,2,5-6,9H2,1H3. The number of benzene rings is 1. The highest BCUT2D eigenvalue weighted by Gasteiger charge is 2.04. The zero-order valence-corrected chi connectivity index (χ0v) is 10.6. The van der Waals surface area contributed by atoms with E-state index in [0.29, 0.717) is 13.0 Å². The molecule has 3 nitrogen and oxygen atoms in total. The first-order chi connectivity index (χ1) is 8.81. The summed E-state index contributed by atoms with van der Waals surface area (Å²) in [6.07, 6.45) is 3.99. The van der Waals surface area contributed by atoms with E-state index in [1.54, 1.807) is 0 Å². The molecule has 0 aliphatic carbocycles. The summed E-state index contributed by atoms with van der Waals surface area (Å²) >= 11 is 0. The van der Waals surface area contributed by atoms with E-state index in [2.05, 4.69) is 11.1 Å². The van der Waals surface area contributed by atoms with Gasteiger partial charge in [0.1, 0.15) is 0 Å². The fourth-order valence-corrected chi connectivity index (χ4v) is 2.03. The Morgan fingerprint density at radius 2 is 2.11 bits per heavy atom. The smallest absolute Gasteiger partial charge is 0.305 e. The molecule has 0 unspecified atom stereocenters. The second-order valence-electron chi connectivity index (χ2n) is 4.15. The lowest BCUT2D eigenvalue weighted by Crippen LogP contribution is -2.04. The maximum atomic E-state index is 11.3. The normalized spacial score (nSPS) is 10.5. The van der Waals surface area contributed by atoms with E-state index in [1.165, 1.54) is 10.9 Å². The lowest BCUT2D eigenvalue weighted by atomic mass is 10.0. The van der Waals surface area contributed by atoms with Crippen molar-refractivity contribution in [1.82, 2.24) is 4.98 Å². The molecule has 0 N–H and O–H groups in total. The van der Waals surface area contributed by atoms with Crippen molar-refractivity contribution in [2.24, 2.45) is 0 Å². The summed E-state index contributed by atoms with van der Waals surface area (Å²) < 4.78 is 4.92. The molecule has 0 aliphatic rings. The van der Waals surface area contributed by atoms with E-state index < -0.39 is 0 Å². The van der Waals surface area contributed by atoms with E-state index in [1.807, 2.05) is 37.4 Å². The number of carbonyl (C=O) groups excluding carboxylic acids is 1. The molecule has 1 heterocycles. The number of aromatic nitrogens is 1. The predicted molar refractivity (Wildman–Crippen MR) is 71.3 cm³/mol. The number of esters is 1. The molecule has 3 heteroatoms. The molecular weight excluding hydrogens is 226 g/mol. The third-order valence-electron chi connectivity index (χ3n) is 2.87. The number of ether oxygens (including phenoxy) is 1. The van der Waals surface area contributed by atoms with E-state index >= 15 is 0 Å². The molecule has 0 atom stereocenters. The zero-order valence-electron chi connectivity index (χ0n) is 10.6. The Kier molecular flexibility index (Phi) is 4.29. The quantitative estimate of drug-likeness (QED) is 0.757. The first-order valence-electron chi connectivity index (χ1n) is 6.29. The lowest BCUT2D eigenvalue weighted by Gasteiger charge is -2.05. The minimum Gasteiger partial charge on any atom is -0.466 e. The van der Waals surface area contributed by atoms with Gasteiger partial charge in [-0.15, -0.1) is 0 Å². The molecule has 18 heavy (non-hydrogen) atoms. The van der Waals surface area contributed by atoms with Gasteiger partial charge in [-0.25, -0.2) is 0 Å². The van der Waals surface area contributed by atoms with Crippen LogP contribution in [0.15, 0.2) is 36.5 Å². The van der Waals surface area contributed by atoms with Gasteiger partial charge in [-0.3, -0.25) is 9.78 Å². The van der Waals surface area contributed by atoms with Crippen LogP contribution in [0.3, 0.4) is 0 Å². The first kappa shape index (κ1) is 12.6. The topological polar surface area (TPSA) is 39.2 Å². The SMILES string of the molecule is CCOC(=O)CCCc1ccnc2ccccc12. The minimum absolute atomic E-state index is 0.115. The average Bonchev–Trinajstić information content (AvgIpc) is 2.39. The maximum absolute atomic E-state index is 11.3. The van der Waals surface area contributed by atoms with Crippen LogP contribution in [0.1, 0.15) is 25.3 Å². The maximum Gasteiger partial charge on any atom is 0.305 e. The van der Waals surface area contributed by atoms with Gasteiger partial charge in [0.25, 0.3) is 0 Å². The molecule has 1 aromatic heterocycles. The highest BCUT2D eigenvalue weighted by molar-refractivity contribution is 5.81. The van der Waals surface area contributed by atoms with Gasteiger partial charge in [0, 0.05) is 18.0 Å². The summed E-state index contributed by atoms with van der Waals surface area (Å²) in [4.78, 5) is 15.6. The van der Waals surface area contributed by atoms with Crippen molar-refractivity contribution in [3.8, 4) is 0 Å². The number of aryl methyl sites for hydroxylation is 1. The van der Waals surface area contributed by atoms with Crippen LogP contribution in [0.4, 0.5) is 0 Å². The monoisotopic (exact) mass is 243 g/mol. The Hall–Kier alpha value is -1.90. The van der Waals surface area contributed by atoms with Crippen molar-refractivity contribution in [2.45, 2.75) is 26.2 Å². The molecular formula is C15H17NO2. The van der Waals surface area contributed by atoms with Gasteiger partial charge >= 0.3 is 5.97 Å². The van der Waals surface area contributed by atoms with Crippen LogP contribution in [0.5, 0.6) is 0 Å². The molecule has 0 radical (unpaired) electrons. The summed E-state index contributed by atoms with van der Waals surface area (Å²) in [5.74, 6) is -0.115. The van der Waals surface area contributed by atoms with Gasteiger partial charge in [-0.1, -0.05) is 18.2 Å². The number of fused-ring (bicyclic) bond motifs is 1. The Bertz CT molecular complexity index is 532. The van der Waals surface area contributed by atoms with Gasteiger partial charge in [0.2, 0.25) is 0 Å². The van der Waals surface area contributed by atoms with Gasteiger partial charge in [0.05, 0.1) is 12.1 Å². The van der Waals surface area contributed by atoms with E-state index in [0.717, 1.165) is 18.4 Å². The summed E-state index contributed by atoms with van der Waals surface area (Å²) in [7, 11) is 0.